The van der Waals surface area contributed by atoms with Crippen LogP contribution in [-0.2, 0) is 5.60 Å². The van der Waals surface area contributed by atoms with Gasteiger partial charge in [-0.25, -0.2) is 4.39 Å². The molecule has 1 saturated carbocycles. The lowest BCUT2D eigenvalue weighted by atomic mass is 9.66. The van der Waals surface area contributed by atoms with Crippen molar-refractivity contribution in [3.05, 3.63) is 77.7 Å². The minimum absolute atomic E-state index is 0.00434. The topological polar surface area (TPSA) is 69.2 Å². The molecule has 1 aromatic heterocycles. The van der Waals surface area contributed by atoms with E-state index in [1.807, 2.05) is 35.2 Å². The predicted octanol–water partition coefficient (Wildman–Crippen LogP) is 4.51. The molecule has 2 heterocycles. The summed E-state index contributed by atoms with van der Waals surface area (Å²) in [6.07, 6.45) is 4.36. The summed E-state index contributed by atoms with van der Waals surface area (Å²) in [4.78, 5) is 15.3. The third-order valence-corrected chi connectivity index (χ3v) is 6.97. The number of H-pyrrole nitrogens is 1. The van der Waals surface area contributed by atoms with Gasteiger partial charge in [-0.1, -0.05) is 55.3 Å². The molecule has 160 valence electrons. The Morgan fingerprint density at radius 3 is 2.65 bits per heavy atom. The summed E-state index contributed by atoms with van der Waals surface area (Å²) in [5.74, 6) is -0.511. The zero-order chi connectivity index (χ0) is 21.4. The molecular weight excluding hydrogens is 393 g/mol. The Balaban J connectivity index is 1.43. The van der Waals surface area contributed by atoms with Gasteiger partial charge in [-0.3, -0.25) is 9.89 Å². The number of halogens is 1. The van der Waals surface area contributed by atoms with E-state index in [0.717, 1.165) is 31.2 Å². The van der Waals surface area contributed by atoms with Gasteiger partial charge in [0, 0.05) is 24.1 Å². The zero-order valence-electron chi connectivity index (χ0n) is 17.3. The van der Waals surface area contributed by atoms with Gasteiger partial charge in [0.05, 0.1) is 11.3 Å². The number of likely N-dealkylation sites (tertiary alicyclic amines) is 1. The number of hydrogen-bond acceptors (Lipinski definition) is 3. The van der Waals surface area contributed by atoms with Crippen LogP contribution in [0.15, 0.2) is 60.7 Å². The van der Waals surface area contributed by atoms with E-state index in [-0.39, 0.29) is 23.7 Å². The number of benzene rings is 2. The zero-order valence-corrected chi connectivity index (χ0v) is 17.3. The van der Waals surface area contributed by atoms with E-state index in [0.29, 0.717) is 29.9 Å². The molecule has 5 rings (SSSR count). The summed E-state index contributed by atoms with van der Waals surface area (Å²) in [5, 5.41) is 18.7. The Hall–Kier alpha value is -2.99. The fraction of sp³-hybridized carbons (Fsp3) is 0.360. The number of nitrogens with one attached hydrogen (secondary N) is 1. The molecule has 0 radical (unpaired) electrons. The van der Waals surface area contributed by atoms with Crippen LogP contribution in [0.5, 0.6) is 0 Å². The largest absolute Gasteiger partial charge is 0.385 e. The summed E-state index contributed by atoms with van der Waals surface area (Å²) in [6.45, 7) is 0.472. The number of rotatable bonds is 3. The van der Waals surface area contributed by atoms with Gasteiger partial charge in [-0.15, -0.1) is 0 Å². The minimum Gasteiger partial charge on any atom is -0.385 e. The van der Waals surface area contributed by atoms with Crippen LogP contribution in [0.1, 0.15) is 48.2 Å². The highest BCUT2D eigenvalue weighted by molar-refractivity contribution is 5.93. The number of carbonyl (C=O) groups excluding carboxylic acids is 1. The molecule has 5 nitrogen and oxygen atoms in total. The van der Waals surface area contributed by atoms with Crippen LogP contribution in [0, 0.1) is 11.7 Å². The van der Waals surface area contributed by atoms with Gasteiger partial charge in [0.25, 0.3) is 5.91 Å². The Morgan fingerprint density at radius 1 is 1.10 bits per heavy atom. The smallest absolute Gasteiger partial charge is 0.272 e. The summed E-state index contributed by atoms with van der Waals surface area (Å²) in [7, 11) is 0. The summed E-state index contributed by atoms with van der Waals surface area (Å²) in [5.41, 5.74) is 1.15. The van der Waals surface area contributed by atoms with E-state index in [1.165, 1.54) is 6.07 Å². The molecule has 3 atom stereocenters. The average Bonchev–Trinajstić information content (AvgIpc) is 3.30. The number of aromatic nitrogens is 2. The number of piperidine rings is 1. The number of aliphatic hydroxyl groups is 1. The van der Waals surface area contributed by atoms with E-state index in [1.54, 1.807) is 24.3 Å². The molecule has 1 saturated heterocycles. The number of carbonyl (C=O) groups is 1. The fourth-order valence-electron chi connectivity index (χ4n) is 5.41. The normalized spacial score (nSPS) is 25.8. The van der Waals surface area contributed by atoms with Gasteiger partial charge in [0.1, 0.15) is 11.5 Å². The molecule has 1 aliphatic heterocycles. The van der Waals surface area contributed by atoms with Gasteiger partial charge in [0.2, 0.25) is 0 Å². The van der Waals surface area contributed by atoms with E-state index >= 15 is 0 Å². The highest BCUT2D eigenvalue weighted by Gasteiger charge is 2.50. The molecule has 0 unspecified atom stereocenters. The van der Waals surface area contributed by atoms with Crippen molar-refractivity contribution < 1.29 is 14.3 Å². The second-order valence-corrected chi connectivity index (χ2v) is 8.64. The van der Waals surface area contributed by atoms with Gasteiger partial charge in [0.15, 0.2) is 0 Å². The molecule has 1 aliphatic carbocycles. The summed E-state index contributed by atoms with van der Waals surface area (Å²) < 4.78 is 14.1. The van der Waals surface area contributed by atoms with Crippen molar-refractivity contribution in [2.24, 2.45) is 5.92 Å². The highest BCUT2D eigenvalue weighted by atomic mass is 19.1. The van der Waals surface area contributed by atoms with E-state index in [9.17, 15) is 14.3 Å². The molecule has 2 aromatic carbocycles. The third-order valence-electron chi connectivity index (χ3n) is 6.97. The van der Waals surface area contributed by atoms with E-state index in [2.05, 4.69) is 10.2 Å². The Bertz CT molecular complexity index is 1080. The van der Waals surface area contributed by atoms with E-state index in [4.69, 9.17) is 0 Å². The van der Waals surface area contributed by atoms with Crippen LogP contribution in [0.25, 0.3) is 11.3 Å². The molecule has 1 amide bonds. The second kappa shape index (κ2) is 7.93. The number of fused-ring (bicyclic) bond motifs is 1. The lowest BCUT2D eigenvalue weighted by molar-refractivity contribution is -0.110. The quantitative estimate of drug-likeness (QED) is 0.656. The Morgan fingerprint density at radius 2 is 1.84 bits per heavy atom. The maximum absolute atomic E-state index is 14.1. The monoisotopic (exact) mass is 419 g/mol. The lowest BCUT2D eigenvalue weighted by Gasteiger charge is -2.52. The van der Waals surface area contributed by atoms with Crippen LogP contribution in [0.4, 0.5) is 4.39 Å². The van der Waals surface area contributed by atoms with Crippen molar-refractivity contribution in [1.29, 1.82) is 0 Å². The highest BCUT2D eigenvalue weighted by Crippen LogP contribution is 2.47. The van der Waals surface area contributed by atoms with Crippen LogP contribution < -0.4 is 0 Å². The van der Waals surface area contributed by atoms with Crippen molar-refractivity contribution >= 4 is 5.91 Å². The van der Waals surface area contributed by atoms with E-state index < -0.39 is 5.60 Å². The number of hydrogen-bond donors (Lipinski definition) is 2. The first-order valence-electron chi connectivity index (χ1n) is 11.0. The van der Waals surface area contributed by atoms with Gasteiger partial charge in [-0.05, 0) is 43.0 Å². The number of nitrogens with zero attached hydrogens (tertiary/aromatic N) is 2. The first-order chi connectivity index (χ1) is 15.1. The van der Waals surface area contributed by atoms with Crippen molar-refractivity contribution in [2.75, 3.05) is 6.54 Å². The minimum atomic E-state index is -0.921. The molecule has 2 aliphatic rings. The van der Waals surface area contributed by atoms with Crippen LogP contribution in [0.3, 0.4) is 0 Å². The summed E-state index contributed by atoms with van der Waals surface area (Å²) >= 11 is 0. The lowest BCUT2D eigenvalue weighted by Crippen LogP contribution is -2.59. The predicted molar refractivity (Wildman–Crippen MR) is 116 cm³/mol. The number of amides is 1. The third kappa shape index (κ3) is 3.45. The van der Waals surface area contributed by atoms with Gasteiger partial charge >= 0.3 is 0 Å². The maximum Gasteiger partial charge on any atom is 0.272 e. The van der Waals surface area contributed by atoms with Crippen LogP contribution >= 0.6 is 0 Å². The van der Waals surface area contributed by atoms with Gasteiger partial charge < -0.3 is 10.0 Å². The van der Waals surface area contributed by atoms with Crippen LogP contribution in [0.2, 0.25) is 0 Å². The second-order valence-electron chi connectivity index (χ2n) is 8.64. The molecule has 2 fully saturated rings. The van der Waals surface area contributed by atoms with Crippen molar-refractivity contribution in [1.82, 2.24) is 15.1 Å². The molecule has 6 heteroatoms. The Kier molecular flexibility index (Phi) is 5.10. The number of aromatic amines is 1. The standard InChI is InChI=1S/C25H26FN3O2/c26-20-12-6-4-10-18(20)21-16-22(28-27-21)24(30)29-15-14-25(31,17-8-2-1-3-9-17)19-11-5-7-13-23(19)29/h1-4,6,8-10,12,16,19,23,31H,5,7,11,13-15H2,(H,27,28)/t19-,23-,25-/m0/s1. The fourth-order valence-corrected chi connectivity index (χ4v) is 5.41. The summed E-state index contributed by atoms with van der Waals surface area (Å²) in [6, 6.07) is 17.8. The molecule has 31 heavy (non-hydrogen) atoms. The molecular formula is C25H26FN3O2. The molecule has 0 spiro atoms. The van der Waals surface area contributed by atoms with Gasteiger partial charge in [-0.2, -0.15) is 5.10 Å². The molecule has 2 N–H and O–H groups in total. The van der Waals surface area contributed by atoms with Crippen molar-refractivity contribution in [3.8, 4) is 11.3 Å². The average molecular weight is 420 g/mol. The Labute approximate surface area is 180 Å². The van der Waals surface area contributed by atoms with Crippen molar-refractivity contribution in [2.45, 2.75) is 43.7 Å². The first-order valence-corrected chi connectivity index (χ1v) is 11.0. The van der Waals surface area contributed by atoms with Crippen molar-refractivity contribution in [3.63, 3.8) is 0 Å². The SMILES string of the molecule is O=C(c1cc(-c2ccccc2F)n[nH]1)N1CC[C@](O)(c2ccccc2)[C@H]2CCCC[C@@H]21. The molecule has 3 aromatic rings. The van der Waals surface area contributed by atoms with Crippen LogP contribution in [-0.4, -0.2) is 38.7 Å². The molecule has 0 bridgehead atoms. The first kappa shape index (κ1) is 19.9. The maximum atomic E-state index is 14.1.